The van der Waals surface area contributed by atoms with Crippen molar-refractivity contribution in [3.05, 3.63) is 42.1 Å². The Kier molecular flexibility index (Phi) is 5.55. The molecule has 1 aromatic heterocycles. The zero-order valence-corrected chi connectivity index (χ0v) is 10.5. The number of hydrogen-bond acceptors (Lipinski definition) is 1. The summed E-state index contributed by atoms with van der Waals surface area (Å²) in [5.74, 6) is 0. The molecule has 0 atom stereocenters. The monoisotopic (exact) mass is 215 g/mol. The fraction of sp³-hybridized carbons (Fsp3) is 0.400. The van der Waals surface area contributed by atoms with Crippen LogP contribution in [0.2, 0.25) is 0 Å². The number of hydrogen-bond donors (Lipinski definition) is 0. The lowest BCUT2D eigenvalue weighted by molar-refractivity contribution is 0.772. The van der Waals surface area contributed by atoms with Crippen molar-refractivity contribution in [2.45, 2.75) is 40.0 Å². The second kappa shape index (κ2) is 7.00. The van der Waals surface area contributed by atoms with E-state index in [0.717, 1.165) is 5.52 Å². The van der Waals surface area contributed by atoms with Gasteiger partial charge < -0.3 is 0 Å². The van der Waals surface area contributed by atoms with E-state index in [2.05, 4.69) is 37.9 Å². The van der Waals surface area contributed by atoms with Crippen molar-refractivity contribution in [1.29, 1.82) is 0 Å². The van der Waals surface area contributed by atoms with Gasteiger partial charge in [0.1, 0.15) is 0 Å². The number of pyridine rings is 1. The maximum Gasteiger partial charge on any atom is 0.0702 e. The SMILES string of the molecule is CCCCC.Cc1cnc2ccccc2c1. The van der Waals surface area contributed by atoms with E-state index in [1.807, 2.05) is 24.4 Å². The average Bonchev–Trinajstić information content (AvgIpc) is 2.31. The molecule has 0 aliphatic carbocycles. The van der Waals surface area contributed by atoms with Gasteiger partial charge in [-0.05, 0) is 24.6 Å². The van der Waals surface area contributed by atoms with Gasteiger partial charge in [0.15, 0.2) is 0 Å². The molecule has 1 nitrogen and oxygen atoms in total. The topological polar surface area (TPSA) is 12.9 Å². The molecule has 0 bridgehead atoms. The third-order valence-corrected chi connectivity index (χ3v) is 2.43. The number of unbranched alkanes of at least 4 members (excludes halogenated alkanes) is 2. The summed E-state index contributed by atoms with van der Waals surface area (Å²) in [4.78, 5) is 4.28. The van der Waals surface area contributed by atoms with Gasteiger partial charge in [-0.25, -0.2) is 0 Å². The van der Waals surface area contributed by atoms with Crippen molar-refractivity contribution in [2.24, 2.45) is 0 Å². The number of aryl methyl sites for hydroxylation is 1. The molecule has 0 aliphatic rings. The van der Waals surface area contributed by atoms with Crippen molar-refractivity contribution in [3.63, 3.8) is 0 Å². The minimum atomic E-state index is 1.07. The highest BCUT2D eigenvalue weighted by Crippen LogP contribution is 2.11. The Labute approximate surface area is 98.5 Å². The fourth-order valence-electron chi connectivity index (χ4n) is 1.53. The van der Waals surface area contributed by atoms with Crippen LogP contribution in [0.25, 0.3) is 10.9 Å². The van der Waals surface area contributed by atoms with Crippen LogP contribution in [0.5, 0.6) is 0 Å². The normalized spacial score (nSPS) is 9.69. The summed E-state index contributed by atoms with van der Waals surface area (Å²) < 4.78 is 0. The second-order valence-corrected chi connectivity index (χ2v) is 4.06. The lowest BCUT2D eigenvalue weighted by Gasteiger charge is -1.95. The Morgan fingerprint density at radius 2 is 1.75 bits per heavy atom. The average molecular weight is 215 g/mol. The van der Waals surface area contributed by atoms with Crippen LogP contribution in [-0.2, 0) is 0 Å². The summed E-state index contributed by atoms with van der Waals surface area (Å²) in [5.41, 5.74) is 2.28. The minimum Gasteiger partial charge on any atom is -0.256 e. The zero-order chi connectivity index (χ0) is 11.8. The minimum absolute atomic E-state index is 1.07. The molecule has 86 valence electrons. The Balaban J connectivity index is 0.000000221. The van der Waals surface area contributed by atoms with Crippen molar-refractivity contribution < 1.29 is 0 Å². The molecule has 0 spiro atoms. The number of fused-ring (bicyclic) bond motifs is 1. The van der Waals surface area contributed by atoms with Crippen LogP contribution in [0, 0.1) is 6.92 Å². The van der Waals surface area contributed by atoms with E-state index in [0.29, 0.717) is 0 Å². The molecular weight excluding hydrogens is 194 g/mol. The predicted octanol–water partition coefficient (Wildman–Crippen LogP) is 4.74. The van der Waals surface area contributed by atoms with Gasteiger partial charge in [0.25, 0.3) is 0 Å². The fourth-order valence-corrected chi connectivity index (χ4v) is 1.53. The number of rotatable bonds is 2. The van der Waals surface area contributed by atoms with Gasteiger partial charge in [0.05, 0.1) is 5.52 Å². The van der Waals surface area contributed by atoms with E-state index in [4.69, 9.17) is 0 Å². The van der Waals surface area contributed by atoms with Crippen LogP contribution in [-0.4, -0.2) is 4.98 Å². The molecular formula is C15H21N. The first-order chi connectivity index (χ1) is 7.77. The summed E-state index contributed by atoms with van der Waals surface area (Å²) >= 11 is 0. The van der Waals surface area contributed by atoms with E-state index in [-0.39, 0.29) is 0 Å². The molecule has 1 aromatic carbocycles. The summed E-state index contributed by atoms with van der Waals surface area (Å²) in [5, 5.41) is 1.22. The summed E-state index contributed by atoms with van der Waals surface area (Å²) in [7, 11) is 0. The molecule has 16 heavy (non-hydrogen) atoms. The first-order valence-electron chi connectivity index (χ1n) is 6.09. The zero-order valence-electron chi connectivity index (χ0n) is 10.5. The third-order valence-electron chi connectivity index (χ3n) is 2.43. The van der Waals surface area contributed by atoms with E-state index < -0.39 is 0 Å². The quantitative estimate of drug-likeness (QED) is 0.705. The first-order valence-corrected chi connectivity index (χ1v) is 6.09. The molecule has 1 heteroatoms. The highest BCUT2D eigenvalue weighted by Gasteiger charge is 1.90. The maximum absolute atomic E-state index is 4.28. The molecule has 0 N–H and O–H groups in total. The largest absolute Gasteiger partial charge is 0.256 e. The van der Waals surface area contributed by atoms with Crippen LogP contribution < -0.4 is 0 Å². The molecule has 0 fully saturated rings. The highest BCUT2D eigenvalue weighted by atomic mass is 14.6. The summed E-state index contributed by atoms with van der Waals surface area (Å²) in [6, 6.07) is 10.3. The number of para-hydroxylation sites is 1. The summed E-state index contributed by atoms with van der Waals surface area (Å²) in [6.45, 7) is 6.48. The lowest BCUT2D eigenvalue weighted by Crippen LogP contribution is -1.78. The van der Waals surface area contributed by atoms with Crippen molar-refractivity contribution >= 4 is 10.9 Å². The highest BCUT2D eigenvalue weighted by molar-refractivity contribution is 5.78. The molecule has 0 amide bonds. The van der Waals surface area contributed by atoms with Gasteiger partial charge in [-0.1, -0.05) is 51.3 Å². The molecule has 1 heterocycles. The van der Waals surface area contributed by atoms with Crippen LogP contribution in [0.3, 0.4) is 0 Å². The molecule has 0 saturated heterocycles. The van der Waals surface area contributed by atoms with Crippen molar-refractivity contribution in [2.75, 3.05) is 0 Å². The van der Waals surface area contributed by atoms with Gasteiger partial charge in [-0.15, -0.1) is 0 Å². The number of nitrogens with zero attached hydrogens (tertiary/aromatic N) is 1. The number of aromatic nitrogens is 1. The molecule has 0 aliphatic heterocycles. The Morgan fingerprint density at radius 3 is 2.38 bits per heavy atom. The van der Waals surface area contributed by atoms with E-state index in [1.165, 1.54) is 30.2 Å². The Bertz CT molecular complexity index is 418. The van der Waals surface area contributed by atoms with Gasteiger partial charge in [-0.3, -0.25) is 4.98 Å². The molecule has 2 aromatic rings. The Morgan fingerprint density at radius 1 is 1.06 bits per heavy atom. The van der Waals surface area contributed by atoms with Crippen molar-refractivity contribution in [3.8, 4) is 0 Å². The van der Waals surface area contributed by atoms with Gasteiger partial charge >= 0.3 is 0 Å². The number of benzene rings is 1. The van der Waals surface area contributed by atoms with Gasteiger partial charge in [0.2, 0.25) is 0 Å². The van der Waals surface area contributed by atoms with Gasteiger partial charge in [-0.2, -0.15) is 0 Å². The van der Waals surface area contributed by atoms with E-state index in [9.17, 15) is 0 Å². The summed E-state index contributed by atoms with van der Waals surface area (Å²) in [6.07, 6.45) is 5.97. The van der Waals surface area contributed by atoms with Gasteiger partial charge in [0, 0.05) is 11.6 Å². The van der Waals surface area contributed by atoms with E-state index in [1.54, 1.807) is 0 Å². The second-order valence-electron chi connectivity index (χ2n) is 4.06. The smallest absolute Gasteiger partial charge is 0.0702 e. The van der Waals surface area contributed by atoms with Crippen molar-refractivity contribution in [1.82, 2.24) is 4.98 Å². The van der Waals surface area contributed by atoms with Crippen LogP contribution in [0.1, 0.15) is 38.7 Å². The molecule has 0 saturated carbocycles. The predicted molar refractivity (Wildman–Crippen MR) is 71.7 cm³/mol. The third kappa shape index (κ3) is 4.01. The molecule has 0 unspecified atom stereocenters. The first kappa shape index (κ1) is 12.7. The molecule has 0 radical (unpaired) electrons. The van der Waals surface area contributed by atoms with Crippen LogP contribution in [0.4, 0.5) is 0 Å². The standard InChI is InChI=1S/C10H9N.C5H12/c1-8-6-9-4-2-3-5-10(9)11-7-8;1-3-5-4-2/h2-7H,1H3;3-5H2,1-2H3. The van der Waals surface area contributed by atoms with E-state index >= 15 is 0 Å². The lowest BCUT2D eigenvalue weighted by atomic mass is 10.2. The molecule has 2 rings (SSSR count). The maximum atomic E-state index is 4.28. The van der Waals surface area contributed by atoms with Crippen LogP contribution in [0.15, 0.2) is 36.5 Å². The van der Waals surface area contributed by atoms with Crippen LogP contribution >= 0.6 is 0 Å². The Hall–Kier alpha value is -1.37.